The lowest BCUT2D eigenvalue weighted by atomic mass is 10.1. The largest absolute Gasteiger partial charge is 0.463 e. The van der Waals surface area contributed by atoms with Crippen LogP contribution in [0.4, 0.5) is 5.69 Å². The summed E-state index contributed by atoms with van der Waals surface area (Å²) in [5, 5.41) is 3.14. The zero-order chi connectivity index (χ0) is 12.7. The van der Waals surface area contributed by atoms with Gasteiger partial charge in [-0.05, 0) is 38.0 Å². The van der Waals surface area contributed by atoms with E-state index in [0.29, 0.717) is 6.61 Å². The third-order valence-electron chi connectivity index (χ3n) is 2.32. The Kier molecular flexibility index (Phi) is 5.27. The fourth-order valence-corrected chi connectivity index (χ4v) is 1.45. The van der Waals surface area contributed by atoms with Crippen molar-refractivity contribution in [3.8, 4) is 0 Å². The molecule has 0 bridgehead atoms. The molecular formula is C14H19NO2. The van der Waals surface area contributed by atoms with E-state index in [9.17, 15) is 4.79 Å². The van der Waals surface area contributed by atoms with Gasteiger partial charge in [0.15, 0.2) is 0 Å². The average Bonchev–Trinajstić information content (AvgIpc) is 2.30. The lowest BCUT2D eigenvalue weighted by molar-refractivity contribution is -0.137. The molecule has 0 aliphatic heterocycles. The number of hydrogen-bond donors (Lipinski definition) is 1. The Hall–Kier alpha value is -1.77. The van der Waals surface area contributed by atoms with Gasteiger partial charge in [-0.2, -0.15) is 0 Å². The molecule has 0 fully saturated rings. The maximum atomic E-state index is 11.2. The first-order valence-electron chi connectivity index (χ1n) is 5.86. The highest BCUT2D eigenvalue weighted by molar-refractivity contribution is 5.83. The Morgan fingerprint density at radius 2 is 1.94 bits per heavy atom. The van der Waals surface area contributed by atoms with E-state index < -0.39 is 0 Å². The van der Waals surface area contributed by atoms with Crippen LogP contribution in [0.25, 0.3) is 0 Å². The summed E-state index contributed by atoms with van der Waals surface area (Å²) in [6.07, 6.45) is 2.48. The van der Waals surface area contributed by atoms with E-state index in [-0.39, 0.29) is 5.97 Å². The van der Waals surface area contributed by atoms with Crippen molar-refractivity contribution in [1.82, 2.24) is 0 Å². The van der Waals surface area contributed by atoms with Crippen LogP contribution in [-0.2, 0) is 16.0 Å². The minimum Gasteiger partial charge on any atom is -0.463 e. The minimum atomic E-state index is -0.317. The van der Waals surface area contributed by atoms with Crippen LogP contribution >= 0.6 is 0 Å². The molecule has 0 saturated heterocycles. The van der Waals surface area contributed by atoms with Crippen LogP contribution in [0.5, 0.6) is 0 Å². The second-order valence-corrected chi connectivity index (χ2v) is 3.75. The number of hydrogen-bond acceptors (Lipinski definition) is 3. The zero-order valence-corrected chi connectivity index (χ0v) is 10.6. The monoisotopic (exact) mass is 233 g/mol. The number of anilines is 1. The normalized spacial score (nSPS) is 11.1. The van der Waals surface area contributed by atoms with E-state index in [1.807, 2.05) is 19.1 Å². The Morgan fingerprint density at radius 3 is 2.47 bits per heavy atom. The number of benzene rings is 1. The molecule has 3 heteroatoms. The van der Waals surface area contributed by atoms with E-state index in [1.165, 1.54) is 11.6 Å². The number of allylic oxidation sites excluding steroid dienone is 1. The lowest BCUT2D eigenvalue weighted by Gasteiger charge is -2.07. The van der Waals surface area contributed by atoms with Gasteiger partial charge >= 0.3 is 5.97 Å². The standard InChI is InChI=1S/C14H19NO2/c1-4-12-6-8-13(9-7-12)15-11(3)10-14(16)17-5-2/h6-10,15H,4-5H2,1-3H3. The summed E-state index contributed by atoms with van der Waals surface area (Å²) < 4.78 is 4.83. The molecule has 1 aromatic rings. The van der Waals surface area contributed by atoms with Gasteiger partial charge in [0.1, 0.15) is 0 Å². The molecular weight excluding hydrogens is 214 g/mol. The van der Waals surface area contributed by atoms with Crippen LogP contribution in [0.2, 0.25) is 0 Å². The summed E-state index contributed by atoms with van der Waals surface area (Å²) in [6, 6.07) is 8.14. The predicted octanol–water partition coefficient (Wildman–Crippen LogP) is 3.13. The Balaban J connectivity index is 2.60. The molecule has 17 heavy (non-hydrogen) atoms. The van der Waals surface area contributed by atoms with Gasteiger partial charge in [0.25, 0.3) is 0 Å². The Labute approximate surface area is 102 Å². The van der Waals surface area contributed by atoms with Crippen molar-refractivity contribution >= 4 is 11.7 Å². The number of carbonyl (C=O) groups excluding carboxylic acids is 1. The molecule has 1 N–H and O–H groups in total. The van der Waals surface area contributed by atoms with E-state index >= 15 is 0 Å². The van der Waals surface area contributed by atoms with Crippen LogP contribution in [0.15, 0.2) is 36.0 Å². The first-order chi connectivity index (χ1) is 8.15. The maximum Gasteiger partial charge on any atom is 0.332 e. The number of rotatable bonds is 5. The molecule has 92 valence electrons. The average molecular weight is 233 g/mol. The van der Waals surface area contributed by atoms with E-state index in [4.69, 9.17) is 4.74 Å². The zero-order valence-electron chi connectivity index (χ0n) is 10.6. The maximum absolute atomic E-state index is 11.2. The number of aryl methyl sites for hydroxylation is 1. The highest BCUT2D eigenvalue weighted by Crippen LogP contribution is 2.12. The smallest absolute Gasteiger partial charge is 0.332 e. The van der Waals surface area contributed by atoms with Gasteiger partial charge in [-0.1, -0.05) is 19.1 Å². The molecule has 3 nitrogen and oxygen atoms in total. The number of nitrogens with one attached hydrogen (secondary N) is 1. The first kappa shape index (κ1) is 13.3. The minimum absolute atomic E-state index is 0.317. The quantitative estimate of drug-likeness (QED) is 0.627. The summed E-state index contributed by atoms with van der Waals surface area (Å²) in [4.78, 5) is 11.2. The summed E-state index contributed by atoms with van der Waals surface area (Å²) in [5.74, 6) is -0.317. The third-order valence-corrected chi connectivity index (χ3v) is 2.32. The topological polar surface area (TPSA) is 38.3 Å². The van der Waals surface area contributed by atoms with Crippen molar-refractivity contribution in [2.45, 2.75) is 27.2 Å². The Bertz CT molecular complexity index is 393. The molecule has 0 aromatic heterocycles. The van der Waals surface area contributed by atoms with Crippen molar-refractivity contribution in [2.75, 3.05) is 11.9 Å². The van der Waals surface area contributed by atoms with Crippen LogP contribution in [-0.4, -0.2) is 12.6 Å². The fourth-order valence-electron chi connectivity index (χ4n) is 1.45. The Morgan fingerprint density at radius 1 is 1.29 bits per heavy atom. The number of esters is 1. The second-order valence-electron chi connectivity index (χ2n) is 3.75. The molecule has 0 aliphatic carbocycles. The van der Waals surface area contributed by atoms with Crippen LogP contribution in [0.3, 0.4) is 0 Å². The fraction of sp³-hybridized carbons (Fsp3) is 0.357. The van der Waals surface area contributed by atoms with E-state index in [2.05, 4.69) is 24.4 Å². The van der Waals surface area contributed by atoms with Gasteiger partial charge in [-0.25, -0.2) is 4.79 Å². The molecule has 0 saturated carbocycles. The highest BCUT2D eigenvalue weighted by atomic mass is 16.5. The lowest BCUT2D eigenvalue weighted by Crippen LogP contribution is -2.04. The summed E-state index contributed by atoms with van der Waals surface area (Å²) in [5.41, 5.74) is 3.04. The SMILES string of the molecule is CCOC(=O)C=C(C)Nc1ccc(CC)cc1. The van der Waals surface area contributed by atoms with Gasteiger partial charge in [-0.15, -0.1) is 0 Å². The van der Waals surface area contributed by atoms with Gasteiger partial charge in [0.2, 0.25) is 0 Å². The molecule has 0 atom stereocenters. The predicted molar refractivity (Wildman–Crippen MR) is 69.8 cm³/mol. The van der Waals surface area contributed by atoms with Gasteiger partial charge in [0, 0.05) is 17.5 Å². The van der Waals surface area contributed by atoms with Crippen LogP contribution in [0, 0.1) is 0 Å². The van der Waals surface area contributed by atoms with E-state index in [0.717, 1.165) is 17.8 Å². The van der Waals surface area contributed by atoms with Gasteiger partial charge in [0.05, 0.1) is 6.61 Å². The number of carbonyl (C=O) groups is 1. The summed E-state index contributed by atoms with van der Waals surface area (Å²) in [7, 11) is 0. The van der Waals surface area contributed by atoms with Crippen molar-refractivity contribution in [2.24, 2.45) is 0 Å². The van der Waals surface area contributed by atoms with Crippen molar-refractivity contribution in [3.63, 3.8) is 0 Å². The molecule has 1 rings (SSSR count). The van der Waals surface area contributed by atoms with Crippen LogP contribution in [0.1, 0.15) is 26.3 Å². The number of ether oxygens (including phenoxy) is 1. The third kappa shape index (κ3) is 4.72. The molecule has 0 heterocycles. The molecule has 0 radical (unpaired) electrons. The first-order valence-corrected chi connectivity index (χ1v) is 5.86. The molecule has 0 amide bonds. The van der Waals surface area contributed by atoms with Crippen molar-refractivity contribution in [1.29, 1.82) is 0 Å². The van der Waals surface area contributed by atoms with Gasteiger partial charge in [-0.3, -0.25) is 0 Å². The molecule has 1 aromatic carbocycles. The van der Waals surface area contributed by atoms with Crippen LogP contribution < -0.4 is 5.32 Å². The molecule has 0 aliphatic rings. The van der Waals surface area contributed by atoms with Gasteiger partial charge < -0.3 is 10.1 Å². The van der Waals surface area contributed by atoms with Crippen molar-refractivity contribution < 1.29 is 9.53 Å². The molecule has 0 spiro atoms. The summed E-state index contributed by atoms with van der Waals surface area (Å²) in [6.45, 7) is 6.14. The second kappa shape index (κ2) is 6.74. The molecule has 0 unspecified atom stereocenters. The van der Waals surface area contributed by atoms with E-state index in [1.54, 1.807) is 6.92 Å². The highest BCUT2D eigenvalue weighted by Gasteiger charge is 1.98. The summed E-state index contributed by atoms with van der Waals surface area (Å²) >= 11 is 0. The van der Waals surface area contributed by atoms with Crippen molar-refractivity contribution in [3.05, 3.63) is 41.6 Å².